The monoisotopic (exact) mass is 259 g/mol. The lowest BCUT2D eigenvalue weighted by molar-refractivity contribution is -0.132. The van der Waals surface area contributed by atoms with Crippen LogP contribution < -0.4 is 0 Å². The number of hydrogen-bond acceptors (Lipinski definition) is 3. The molecule has 18 heavy (non-hydrogen) atoms. The van der Waals surface area contributed by atoms with Crippen LogP contribution in [-0.4, -0.2) is 16.3 Å². The molecule has 1 aliphatic heterocycles. The Kier molecular flexibility index (Phi) is 3.44. The fraction of sp³-hybridized carbons (Fsp3) is 0.286. The first-order valence-corrected chi connectivity index (χ1v) is 6.55. The van der Waals surface area contributed by atoms with E-state index in [1.54, 1.807) is 17.8 Å². The highest BCUT2D eigenvalue weighted by molar-refractivity contribution is 8.00. The van der Waals surface area contributed by atoms with Gasteiger partial charge < -0.3 is 5.11 Å². The molecule has 0 saturated heterocycles. The van der Waals surface area contributed by atoms with E-state index in [2.05, 4.69) is 13.0 Å². The molecule has 0 amide bonds. The predicted molar refractivity (Wildman–Crippen MR) is 71.5 cm³/mol. The highest BCUT2D eigenvalue weighted by Gasteiger charge is 2.23. The highest BCUT2D eigenvalue weighted by Crippen LogP contribution is 2.40. The van der Waals surface area contributed by atoms with E-state index in [1.807, 2.05) is 12.1 Å². The van der Waals surface area contributed by atoms with Gasteiger partial charge in [0, 0.05) is 15.7 Å². The average molecular weight is 259 g/mol. The summed E-state index contributed by atoms with van der Waals surface area (Å²) in [5, 5.41) is 18.6. The minimum absolute atomic E-state index is 0.238. The molecule has 1 aromatic carbocycles. The maximum Gasteiger partial charge on any atom is 0.331 e. The number of hydrogen-bond donors (Lipinski definition) is 1. The average Bonchev–Trinajstić information content (AvgIpc) is 2.69. The molecule has 0 aromatic heterocycles. The fourth-order valence-electron chi connectivity index (χ4n) is 2.02. The maximum absolute atomic E-state index is 10.8. The third kappa shape index (κ3) is 2.27. The molecule has 92 valence electrons. The van der Waals surface area contributed by atoms with Crippen molar-refractivity contribution in [2.75, 3.05) is 0 Å². The Morgan fingerprint density at radius 3 is 2.94 bits per heavy atom. The van der Waals surface area contributed by atoms with E-state index in [-0.39, 0.29) is 5.57 Å². The van der Waals surface area contributed by atoms with Gasteiger partial charge in [0.05, 0.1) is 5.56 Å². The van der Waals surface area contributed by atoms with Crippen LogP contribution in [0.5, 0.6) is 0 Å². The molecule has 1 heterocycles. The fourth-order valence-corrected chi connectivity index (χ4v) is 3.27. The lowest BCUT2D eigenvalue weighted by Gasteiger charge is -2.05. The first kappa shape index (κ1) is 12.7. The third-order valence-electron chi connectivity index (χ3n) is 2.92. The number of nitriles is 1. The van der Waals surface area contributed by atoms with Crippen LogP contribution in [0.25, 0.3) is 6.08 Å². The third-order valence-corrected chi connectivity index (χ3v) is 4.19. The van der Waals surface area contributed by atoms with Gasteiger partial charge in [0.1, 0.15) is 6.07 Å². The van der Waals surface area contributed by atoms with Gasteiger partial charge >= 0.3 is 5.97 Å². The SMILES string of the molecule is C/C(=C\c1ccc2c(c1C#N)SC(C)C2)C(=O)O. The van der Waals surface area contributed by atoms with Crippen LogP contribution in [-0.2, 0) is 11.2 Å². The molecule has 0 saturated carbocycles. The molecular formula is C14H13NO2S. The summed E-state index contributed by atoms with van der Waals surface area (Å²) in [6, 6.07) is 6.03. The van der Waals surface area contributed by atoms with E-state index < -0.39 is 5.97 Å². The Balaban J connectivity index is 2.53. The largest absolute Gasteiger partial charge is 0.478 e. The van der Waals surface area contributed by atoms with Crippen molar-refractivity contribution in [3.63, 3.8) is 0 Å². The van der Waals surface area contributed by atoms with Gasteiger partial charge in [0.15, 0.2) is 0 Å². The molecule has 3 nitrogen and oxygen atoms in total. The Bertz CT molecular complexity index is 584. The minimum Gasteiger partial charge on any atom is -0.478 e. The van der Waals surface area contributed by atoms with Crippen LogP contribution in [0.2, 0.25) is 0 Å². The molecule has 0 aliphatic carbocycles. The van der Waals surface area contributed by atoms with E-state index in [0.29, 0.717) is 16.4 Å². The molecule has 0 spiro atoms. The van der Waals surface area contributed by atoms with Crippen LogP contribution in [0.3, 0.4) is 0 Å². The molecule has 0 bridgehead atoms. The molecule has 4 heteroatoms. The van der Waals surface area contributed by atoms with Crippen LogP contribution in [0.4, 0.5) is 0 Å². The van der Waals surface area contributed by atoms with Crippen LogP contribution in [0.1, 0.15) is 30.5 Å². The Labute approximate surface area is 110 Å². The second kappa shape index (κ2) is 4.87. The summed E-state index contributed by atoms with van der Waals surface area (Å²) in [4.78, 5) is 11.8. The molecule has 2 rings (SSSR count). The standard InChI is InChI=1S/C14H13NO2S/c1-8(14(16)17)5-10-3-4-11-6-9(2)18-13(11)12(10)7-15/h3-5,9H,6H2,1-2H3,(H,16,17)/b8-5+. The van der Waals surface area contributed by atoms with Crippen molar-refractivity contribution in [2.45, 2.75) is 30.4 Å². The van der Waals surface area contributed by atoms with Crippen molar-refractivity contribution in [2.24, 2.45) is 0 Å². The van der Waals surface area contributed by atoms with Gasteiger partial charge in [-0.25, -0.2) is 4.79 Å². The van der Waals surface area contributed by atoms with E-state index in [4.69, 9.17) is 5.11 Å². The van der Waals surface area contributed by atoms with Gasteiger partial charge in [-0.15, -0.1) is 11.8 Å². The van der Waals surface area contributed by atoms with Gasteiger partial charge in [-0.05, 0) is 30.5 Å². The first-order chi connectivity index (χ1) is 8.52. The van der Waals surface area contributed by atoms with E-state index in [9.17, 15) is 10.1 Å². The summed E-state index contributed by atoms with van der Waals surface area (Å²) < 4.78 is 0. The Morgan fingerprint density at radius 2 is 2.33 bits per heavy atom. The van der Waals surface area contributed by atoms with Crippen molar-refractivity contribution in [1.29, 1.82) is 5.26 Å². The summed E-state index contributed by atoms with van der Waals surface area (Å²) in [7, 11) is 0. The van der Waals surface area contributed by atoms with E-state index >= 15 is 0 Å². The van der Waals surface area contributed by atoms with Gasteiger partial charge in [-0.2, -0.15) is 5.26 Å². The molecular weight excluding hydrogens is 246 g/mol. The number of thioether (sulfide) groups is 1. The van der Waals surface area contributed by atoms with Gasteiger partial charge in [0.2, 0.25) is 0 Å². The quantitative estimate of drug-likeness (QED) is 0.829. The van der Waals surface area contributed by atoms with Gasteiger partial charge in [-0.3, -0.25) is 0 Å². The lowest BCUT2D eigenvalue weighted by Crippen LogP contribution is -1.97. The summed E-state index contributed by atoms with van der Waals surface area (Å²) >= 11 is 1.69. The Morgan fingerprint density at radius 1 is 1.61 bits per heavy atom. The zero-order chi connectivity index (χ0) is 13.3. The number of carbonyl (C=O) groups is 1. The normalized spacial score (nSPS) is 18.3. The second-order valence-corrected chi connectivity index (χ2v) is 5.84. The first-order valence-electron chi connectivity index (χ1n) is 5.67. The zero-order valence-corrected chi connectivity index (χ0v) is 11.0. The number of fused-ring (bicyclic) bond motifs is 1. The van der Waals surface area contributed by atoms with Crippen molar-refractivity contribution in [3.8, 4) is 6.07 Å². The predicted octanol–water partition coefficient (Wildman–Crippen LogP) is 3.08. The molecule has 1 unspecified atom stereocenters. The molecule has 1 aromatic rings. The van der Waals surface area contributed by atoms with Crippen molar-refractivity contribution in [1.82, 2.24) is 0 Å². The molecule has 0 fully saturated rings. The van der Waals surface area contributed by atoms with Gasteiger partial charge in [-0.1, -0.05) is 19.1 Å². The van der Waals surface area contributed by atoms with Crippen molar-refractivity contribution in [3.05, 3.63) is 34.4 Å². The maximum atomic E-state index is 10.8. The van der Waals surface area contributed by atoms with Crippen molar-refractivity contribution < 1.29 is 9.90 Å². The summed E-state index contributed by atoms with van der Waals surface area (Å²) in [5.41, 5.74) is 2.72. The number of benzene rings is 1. The van der Waals surface area contributed by atoms with Crippen LogP contribution in [0, 0.1) is 11.3 Å². The zero-order valence-electron chi connectivity index (χ0n) is 10.2. The lowest BCUT2D eigenvalue weighted by atomic mass is 10.0. The summed E-state index contributed by atoms with van der Waals surface area (Å²) in [6.07, 6.45) is 2.53. The number of carboxylic acid groups (broad SMARTS) is 1. The topological polar surface area (TPSA) is 61.1 Å². The molecule has 1 atom stereocenters. The summed E-state index contributed by atoms with van der Waals surface area (Å²) in [6.45, 7) is 3.66. The molecule has 0 radical (unpaired) electrons. The second-order valence-electron chi connectivity index (χ2n) is 4.39. The minimum atomic E-state index is -0.958. The number of aliphatic carboxylic acids is 1. The van der Waals surface area contributed by atoms with Crippen molar-refractivity contribution >= 4 is 23.8 Å². The molecule has 1 N–H and O–H groups in total. The smallest absolute Gasteiger partial charge is 0.331 e. The van der Waals surface area contributed by atoms with Crippen LogP contribution in [0.15, 0.2) is 22.6 Å². The number of nitrogens with zero attached hydrogens (tertiary/aromatic N) is 1. The van der Waals surface area contributed by atoms with Gasteiger partial charge in [0.25, 0.3) is 0 Å². The Hall–Kier alpha value is -1.73. The highest BCUT2D eigenvalue weighted by atomic mass is 32.2. The van der Waals surface area contributed by atoms with Crippen LogP contribution >= 0.6 is 11.8 Å². The number of rotatable bonds is 2. The molecule has 1 aliphatic rings. The number of carboxylic acids is 1. The van der Waals surface area contributed by atoms with E-state index in [1.165, 1.54) is 12.5 Å². The summed E-state index contributed by atoms with van der Waals surface area (Å²) in [5.74, 6) is -0.958. The van der Waals surface area contributed by atoms with E-state index in [0.717, 1.165) is 11.3 Å².